The number of hydrogen-bond donors (Lipinski definition) is 1. The van der Waals surface area contributed by atoms with E-state index in [1.54, 1.807) is 17.0 Å². The maximum absolute atomic E-state index is 12.6. The fourth-order valence-electron chi connectivity index (χ4n) is 3.11. The molecule has 8 nitrogen and oxygen atoms in total. The smallest absolute Gasteiger partial charge is 0.272 e. The van der Waals surface area contributed by atoms with E-state index >= 15 is 0 Å². The predicted molar refractivity (Wildman–Crippen MR) is 97.2 cm³/mol. The van der Waals surface area contributed by atoms with Crippen molar-refractivity contribution in [1.82, 2.24) is 25.0 Å². The van der Waals surface area contributed by atoms with Crippen LogP contribution in [-0.4, -0.2) is 104 Å². The van der Waals surface area contributed by atoms with Crippen LogP contribution in [0.25, 0.3) is 0 Å². The number of carbonyl (C=O) groups is 2. The van der Waals surface area contributed by atoms with Gasteiger partial charge in [-0.1, -0.05) is 0 Å². The number of rotatable bonds is 5. The van der Waals surface area contributed by atoms with Gasteiger partial charge in [0.1, 0.15) is 5.69 Å². The van der Waals surface area contributed by atoms with Crippen molar-refractivity contribution in [3.63, 3.8) is 0 Å². The molecule has 2 aliphatic heterocycles. The second-order valence-corrected chi connectivity index (χ2v) is 6.74. The Balaban J connectivity index is 1.52. The summed E-state index contributed by atoms with van der Waals surface area (Å²) in [4.78, 5) is 35.4. The molecule has 2 aliphatic rings. The largest absolute Gasteiger partial charge is 0.379 e. The molecule has 0 aliphatic carbocycles. The first-order valence-corrected chi connectivity index (χ1v) is 9.15. The summed E-state index contributed by atoms with van der Waals surface area (Å²) < 4.78 is 5.31. The summed E-state index contributed by atoms with van der Waals surface area (Å²) >= 11 is 0. The molecular weight excluding hydrogens is 334 g/mol. The summed E-state index contributed by atoms with van der Waals surface area (Å²) in [5.74, 6) is -0.283. The van der Waals surface area contributed by atoms with E-state index in [-0.39, 0.29) is 11.8 Å². The standard InChI is InChI=1S/C18H27N5O3/c1-21-6-8-23(9-7-21)18(25)16-14-15(2-3-19-16)17(24)20-4-5-22-10-12-26-13-11-22/h2-3,14H,4-13H2,1H3,(H,20,24). The Labute approximate surface area is 154 Å². The van der Waals surface area contributed by atoms with Crippen LogP contribution in [-0.2, 0) is 4.74 Å². The molecule has 0 radical (unpaired) electrons. The van der Waals surface area contributed by atoms with Crippen LogP contribution in [0.2, 0.25) is 0 Å². The van der Waals surface area contributed by atoms with E-state index < -0.39 is 0 Å². The van der Waals surface area contributed by atoms with Gasteiger partial charge in [0.2, 0.25) is 0 Å². The molecule has 2 saturated heterocycles. The van der Waals surface area contributed by atoms with Crippen LogP contribution in [0, 0.1) is 0 Å². The van der Waals surface area contributed by atoms with Crippen LogP contribution in [0.5, 0.6) is 0 Å². The molecule has 0 atom stereocenters. The van der Waals surface area contributed by atoms with E-state index in [9.17, 15) is 9.59 Å². The molecule has 0 unspecified atom stereocenters. The minimum atomic E-state index is -0.173. The molecule has 0 saturated carbocycles. The van der Waals surface area contributed by atoms with Crippen LogP contribution in [0.3, 0.4) is 0 Å². The van der Waals surface area contributed by atoms with Crippen LogP contribution in [0.15, 0.2) is 18.3 Å². The first-order valence-electron chi connectivity index (χ1n) is 9.15. The molecular formula is C18H27N5O3. The fraction of sp³-hybridized carbons (Fsp3) is 0.611. The molecule has 2 fully saturated rings. The molecule has 0 spiro atoms. The Hall–Kier alpha value is -2.03. The van der Waals surface area contributed by atoms with Crippen molar-refractivity contribution >= 4 is 11.8 Å². The zero-order chi connectivity index (χ0) is 18.4. The van der Waals surface area contributed by atoms with Gasteiger partial charge in [-0.3, -0.25) is 19.5 Å². The van der Waals surface area contributed by atoms with E-state index in [4.69, 9.17) is 4.74 Å². The van der Waals surface area contributed by atoms with Crippen molar-refractivity contribution in [3.8, 4) is 0 Å². The summed E-state index contributed by atoms with van der Waals surface area (Å²) in [5, 5.41) is 2.92. The maximum atomic E-state index is 12.6. The molecule has 3 heterocycles. The topological polar surface area (TPSA) is 78.0 Å². The highest BCUT2D eigenvalue weighted by atomic mass is 16.5. The normalized spacial score (nSPS) is 19.3. The van der Waals surface area contributed by atoms with Gasteiger partial charge in [0.05, 0.1) is 13.2 Å². The van der Waals surface area contributed by atoms with Crippen molar-refractivity contribution in [2.45, 2.75) is 0 Å². The SMILES string of the molecule is CN1CCN(C(=O)c2cc(C(=O)NCCN3CCOCC3)ccn2)CC1. The lowest BCUT2D eigenvalue weighted by molar-refractivity contribution is 0.0383. The van der Waals surface area contributed by atoms with E-state index in [2.05, 4.69) is 20.1 Å². The maximum Gasteiger partial charge on any atom is 0.272 e. The number of nitrogens with zero attached hydrogens (tertiary/aromatic N) is 4. The van der Waals surface area contributed by atoms with Crippen molar-refractivity contribution in [1.29, 1.82) is 0 Å². The van der Waals surface area contributed by atoms with Gasteiger partial charge in [0.15, 0.2) is 0 Å². The van der Waals surface area contributed by atoms with Crippen LogP contribution in [0.4, 0.5) is 0 Å². The van der Waals surface area contributed by atoms with Crippen molar-refractivity contribution in [3.05, 3.63) is 29.6 Å². The molecule has 1 aromatic heterocycles. The highest BCUT2D eigenvalue weighted by molar-refractivity contribution is 5.98. The van der Waals surface area contributed by atoms with Gasteiger partial charge in [-0.25, -0.2) is 0 Å². The van der Waals surface area contributed by atoms with Gasteiger partial charge in [-0.05, 0) is 19.2 Å². The second-order valence-electron chi connectivity index (χ2n) is 6.74. The van der Waals surface area contributed by atoms with E-state index in [1.807, 2.05) is 7.05 Å². The zero-order valence-electron chi connectivity index (χ0n) is 15.3. The molecule has 26 heavy (non-hydrogen) atoms. The van der Waals surface area contributed by atoms with Gasteiger partial charge in [0.25, 0.3) is 11.8 Å². The van der Waals surface area contributed by atoms with Crippen LogP contribution >= 0.6 is 0 Å². The molecule has 8 heteroatoms. The second kappa shape index (κ2) is 9.07. The van der Waals surface area contributed by atoms with Gasteiger partial charge in [-0.2, -0.15) is 0 Å². The lowest BCUT2D eigenvalue weighted by atomic mass is 10.2. The first-order chi connectivity index (χ1) is 12.6. The number of morpholine rings is 1. The third-order valence-corrected chi connectivity index (χ3v) is 4.85. The molecule has 1 aromatic rings. The molecule has 0 aromatic carbocycles. The summed E-state index contributed by atoms with van der Waals surface area (Å²) in [7, 11) is 2.04. The summed E-state index contributed by atoms with van der Waals surface area (Å²) in [5.41, 5.74) is 0.801. The predicted octanol–water partition coefficient (Wildman–Crippen LogP) is -0.469. The Morgan fingerprint density at radius 2 is 1.88 bits per heavy atom. The van der Waals surface area contributed by atoms with E-state index in [0.29, 0.717) is 30.9 Å². The molecule has 3 rings (SSSR count). The average Bonchev–Trinajstić information content (AvgIpc) is 2.69. The number of nitrogens with one attached hydrogen (secondary N) is 1. The van der Waals surface area contributed by atoms with Gasteiger partial charge >= 0.3 is 0 Å². The number of pyridine rings is 1. The van der Waals surface area contributed by atoms with Crippen molar-refractivity contribution < 1.29 is 14.3 Å². The minimum Gasteiger partial charge on any atom is -0.379 e. The van der Waals surface area contributed by atoms with Gasteiger partial charge < -0.3 is 19.9 Å². The summed E-state index contributed by atoms with van der Waals surface area (Å²) in [6, 6.07) is 3.23. The number of amides is 2. The first kappa shape index (κ1) is 18.8. The Kier molecular flexibility index (Phi) is 6.54. The van der Waals surface area contributed by atoms with Crippen molar-refractivity contribution in [2.24, 2.45) is 0 Å². The Morgan fingerprint density at radius 3 is 2.62 bits per heavy atom. The molecule has 0 bridgehead atoms. The highest BCUT2D eigenvalue weighted by Gasteiger charge is 2.22. The number of aromatic nitrogens is 1. The van der Waals surface area contributed by atoms with Crippen LogP contribution in [0.1, 0.15) is 20.8 Å². The number of carbonyl (C=O) groups excluding carboxylic acids is 2. The number of hydrogen-bond acceptors (Lipinski definition) is 6. The number of piperazine rings is 1. The zero-order valence-corrected chi connectivity index (χ0v) is 15.3. The van der Waals surface area contributed by atoms with Crippen molar-refractivity contribution in [2.75, 3.05) is 72.6 Å². The summed E-state index contributed by atoms with van der Waals surface area (Å²) in [6.07, 6.45) is 1.53. The fourth-order valence-corrected chi connectivity index (χ4v) is 3.11. The number of ether oxygens (including phenoxy) is 1. The lowest BCUT2D eigenvalue weighted by Crippen LogP contribution is -2.47. The van der Waals surface area contributed by atoms with E-state index in [0.717, 1.165) is 45.9 Å². The highest BCUT2D eigenvalue weighted by Crippen LogP contribution is 2.08. The monoisotopic (exact) mass is 361 g/mol. The lowest BCUT2D eigenvalue weighted by Gasteiger charge is -2.32. The van der Waals surface area contributed by atoms with Gasteiger partial charge in [0, 0.05) is 64.1 Å². The molecule has 142 valence electrons. The molecule has 2 amide bonds. The summed E-state index contributed by atoms with van der Waals surface area (Å²) in [6.45, 7) is 7.74. The molecule has 1 N–H and O–H groups in total. The Bertz CT molecular complexity index is 625. The third-order valence-electron chi connectivity index (χ3n) is 4.85. The minimum absolute atomic E-state index is 0.110. The van der Waals surface area contributed by atoms with Crippen LogP contribution < -0.4 is 5.32 Å². The van der Waals surface area contributed by atoms with Gasteiger partial charge in [-0.15, -0.1) is 0 Å². The number of likely N-dealkylation sites (N-methyl/N-ethyl adjacent to an activating group) is 1. The quantitative estimate of drug-likeness (QED) is 0.764. The Morgan fingerprint density at radius 1 is 1.15 bits per heavy atom. The third kappa shape index (κ3) is 5.00. The average molecular weight is 361 g/mol. The van der Waals surface area contributed by atoms with E-state index in [1.165, 1.54) is 6.20 Å².